The number of carbonyl (C=O) groups is 1. The van der Waals surface area contributed by atoms with Crippen molar-refractivity contribution in [2.45, 2.75) is 77.5 Å². The number of hydrogen-bond donors (Lipinski definition) is 1. The molecule has 0 bridgehead atoms. The summed E-state index contributed by atoms with van der Waals surface area (Å²) in [6.07, 6.45) is -3.66. The summed E-state index contributed by atoms with van der Waals surface area (Å²) in [7, 11) is -0.347. The molecule has 0 aliphatic carbocycles. The molecule has 0 aliphatic rings. The maximum Gasteiger partial charge on any atom is 0.429 e. The number of benzene rings is 1. The van der Waals surface area contributed by atoms with Gasteiger partial charge < -0.3 is 19.3 Å². The number of methoxy groups -OCH3 is 1. The zero-order valence-electron chi connectivity index (χ0n) is 26.0. The smallest absolute Gasteiger partial charge is 0.429 e. The van der Waals surface area contributed by atoms with E-state index in [2.05, 4.69) is 29.6 Å². The van der Waals surface area contributed by atoms with E-state index in [4.69, 9.17) is 14.2 Å². The molecule has 0 spiro atoms. The van der Waals surface area contributed by atoms with Crippen molar-refractivity contribution in [2.75, 3.05) is 13.7 Å². The molecular formula is C30H36F3N5O5Si. The number of ether oxygens (including phenoxy) is 3. The molecular weight excluding hydrogens is 595 g/mol. The van der Waals surface area contributed by atoms with E-state index >= 15 is 13.2 Å². The molecule has 4 rings (SSSR count). The summed E-state index contributed by atoms with van der Waals surface area (Å²) in [6.45, 7) is 12.9. The van der Waals surface area contributed by atoms with Crippen LogP contribution < -0.4 is 4.74 Å². The number of pyridine rings is 1. The van der Waals surface area contributed by atoms with Crippen molar-refractivity contribution in [3.05, 3.63) is 53.1 Å². The maximum atomic E-state index is 15.4. The van der Waals surface area contributed by atoms with Crippen LogP contribution in [0.1, 0.15) is 43.3 Å². The predicted octanol–water partition coefficient (Wildman–Crippen LogP) is 6.47. The van der Waals surface area contributed by atoms with Gasteiger partial charge in [0, 0.05) is 32.5 Å². The molecule has 0 saturated carbocycles. The van der Waals surface area contributed by atoms with E-state index in [9.17, 15) is 15.2 Å². The Balaban J connectivity index is 2.04. The third-order valence-corrected chi connectivity index (χ3v) is 8.66. The van der Waals surface area contributed by atoms with Gasteiger partial charge in [0.1, 0.15) is 29.7 Å². The third kappa shape index (κ3) is 6.17. The Hall–Kier alpha value is -3.93. The highest BCUT2D eigenvalue weighted by Gasteiger charge is 2.61. The van der Waals surface area contributed by atoms with Gasteiger partial charge in [-0.25, -0.2) is 14.8 Å². The van der Waals surface area contributed by atoms with Crippen LogP contribution >= 0.6 is 0 Å². The van der Waals surface area contributed by atoms with Gasteiger partial charge in [-0.3, -0.25) is 9.13 Å². The van der Waals surface area contributed by atoms with Gasteiger partial charge in [0.15, 0.2) is 11.5 Å². The number of carbonyl (C=O) groups excluding carboxylic acids is 1. The number of aliphatic hydroxyl groups is 1. The zero-order chi connectivity index (χ0) is 32.8. The number of fused-ring (bicyclic) bond motifs is 2. The summed E-state index contributed by atoms with van der Waals surface area (Å²) in [5.74, 6) is -1.11. The van der Waals surface area contributed by atoms with Crippen molar-refractivity contribution in [3.63, 3.8) is 0 Å². The molecule has 1 unspecified atom stereocenters. The Labute approximate surface area is 254 Å². The minimum Gasteiger partial charge on any atom is -0.496 e. The van der Waals surface area contributed by atoms with Crippen LogP contribution in [0.15, 0.2) is 30.6 Å². The summed E-state index contributed by atoms with van der Waals surface area (Å²) < 4.78 is 65.2. The second-order valence-electron chi connectivity index (χ2n) is 12.8. The van der Waals surface area contributed by atoms with Crippen LogP contribution in [0, 0.1) is 18.3 Å². The molecule has 44 heavy (non-hydrogen) atoms. The minimum atomic E-state index is -5.36. The van der Waals surface area contributed by atoms with Gasteiger partial charge in [-0.05, 0) is 57.5 Å². The molecule has 0 radical (unpaired) electrons. The molecule has 0 fully saturated rings. The highest BCUT2D eigenvalue weighted by molar-refractivity contribution is 6.76. The fraction of sp³-hybridized carbons (Fsp3) is 0.467. The monoisotopic (exact) mass is 631 g/mol. The summed E-state index contributed by atoms with van der Waals surface area (Å²) in [4.78, 5) is 21.5. The summed E-state index contributed by atoms with van der Waals surface area (Å²) >= 11 is 0. The van der Waals surface area contributed by atoms with Crippen LogP contribution in [0.25, 0.3) is 22.1 Å². The number of hydrogen-bond acceptors (Lipinski definition) is 8. The molecule has 10 nitrogen and oxygen atoms in total. The van der Waals surface area contributed by atoms with Crippen LogP contribution in [-0.2, 0) is 21.8 Å². The molecule has 3 aromatic heterocycles. The number of aromatic nitrogens is 4. The maximum absolute atomic E-state index is 15.4. The number of halogens is 3. The van der Waals surface area contributed by atoms with E-state index in [-0.39, 0.29) is 40.0 Å². The largest absolute Gasteiger partial charge is 0.496 e. The average Bonchev–Trinajstić information content (AvgIpc) is 3.50. The van der Waals surface area contributed by atoms with Crippen LogP contribution in [0.5, 0.6) is 5.75 Å². The molecule has 236 valence electrons. The zero-order valence-corrected chi connectivity index (χ0v) is 27.0. The lowest BCUT2D eigenvalue weighted by molar-refractivity contribution is -0.252. The number of nitrogens with zero attached hydrogens (tertiary/aromatic N) is 5. The number of rotatable bonds is 8. The molecule has 0 amide bonds. The van der Waals surface area contributed by atoms with Gasteiger partial charge in [-0.2, -0.15) is 18.4 Å². The van der Waals surface area contributed by atoms with E-state index in [1.165, 1.54) is 37.7 Å². The Morgan fingerprint density at radius 3 is 2.43 bits per heavy atom. The highest BCUT2D eigenvalue weighted by Crippen LogP contribution is 2.51. The second-order valence-corrected chi connectivity index (χ2v) is 18.4. The summed E-state index contributed by atoms with van der Waals surface area (Å²) in [5.41, 5.74) is -4.80. The van der Waals surface area contributed by atoms with Crippen LogP contribution in [0.2, 0.25) is 25.7 Å². The first-order valence-corrected chi connectivity index (χ1v) is 17.6. The lowest BCUT2D eigenvalue weighted by atomic mass is 9.87. The van der Waals surface area contributed by atoms with E-state index in [1.807, 2.05) is 6.07 Å². The van der Waals surface area contributed by atoms with Crippen LogP contribution in [0.3, 0.4) is 0 Å². The third-order valence-electron chi connectivity index (χ3n) is 6.96. The number of nitriles is 1. The first-order chi connectivity index (χ1) is 20.3. The van der Waals surface area contributed by atoms with Crippen molar-refractivity contribution in [1.29, 1.82) is 5.26 Å². The van der Waals surface area contributed by atoms with Crippen molar-refractivity contribution >= 4 is 36.2 Å². The lowest BCUT2D eigenvalue weighted by Gasteiger charge is -2.33. The fourth-order valence-corrected chi connectivity index (χ4v) is 5.65. The SMILES string of the molecule is COc1cc(C)c2c(ccn2C(=O)OC(C)(C)C)c1C(O)(c1nc2cc(C#N)cnc2n1COCC[Si](C)(C)C)C(F)(F)F. The van der Waals surface area contributed by atoms with E-state index in [1.54, 1.807) is 27.7 Å². The van der Waals surface area contributed by atoms with E-state index < -0.39 is 49.7 Å². The van der Waals surface area contributed by atoms with Gasteiger partial charge >= 0.3 is 12.3 Å². The van der Waals surface area contributed by atoms with Gasteiger partial charge in [0.05, 0.1) is 23.8 Å². The number of alkyl halides is 3. The van der Waals surface area contributed by atoms with Gasteiger partial charge in [-0.15, -0.1) is 0 Å². The van der Waals surface area contributed by atoms with Gasteiger partial charge in [0.25, 0.3) is 0 Å². The molecule has 4 aromatic rings. The minimum absolute atomic E-state index is 0.0108. The van der Waals surface area contributed by atoms with E-state index in [0.29, 0.717) is 5.56 Å². The van der Waals surface area contributed by atoms with Gasteiger partial charge in [0.2, 0.25) is 5.60 Å². The molecule has 1 aromatic carbocycles. The predicted molar refractivity (Wildman–Crippen MR) is 160 cm³/mol. The molecule has 14 heteroatoms. The normalized spacial score (nSPS) is 14.1. The topological polar surface area (TPSA) is 124 Å². The summed E-state index contributed by atoms with van der Waals surface area (Å²) in [6, 6.07) is 6.56. The van der Waals surface area contributed by atoms with Crippen molar-refractivity contribution in [2.24, 2.45) is 0 Å². The molecule has 1 atom stereocenters. The number of imidazole rings is 1. The first kappa shape index (κ1) is 33.0. The second kappa shape index (κ2) is 11.5. The highest BCUT2D eigenvalue weighted by atomic mass is 28.3. The van der Waals surface area contributed by atoms with Gasteiger partial charge in [-0.1, -0.05) is 19.6 Å². The summed E-state index contributed by atoms with van der Waals surface area (Å²) in [5, 5.41) is 21.4. The van der Waals surface area contributed by atoms with Crippen molar-refractivity contribution < 1.29 is 37.3 Å². The Morgan fingerprint density at radius 1 is 1.18 bits per heavy atom. The lowest BCUT2D eigenvalue weighted by Crippen LogP contribution is -2.46. The Morgan fingerprint density at radius 2 is 1.86 bits per heavy atom. The van der Waals surface area contributed by atoms with E-state index in [0.717, 1.165) is 15.2 Å². The van der Waals surface area contributed by atoms with Crippen molar-refractivity contribution in [3.8, 4) is 11.8 Å². The fourth-order valence-electron chi connectivity index (χ4n) is 4.89. The van der Waals surface area contributed by atoms with Crippen LogP contribution in [0.4, 0.5) is 18.0 Å². The molecule has 1 N–H and O–H groups in total. The Kier molecular flexibility index (Phi) is 8.64. The van der Waals surface area contributed by atoms with Crippen molar-refractivity contribution in [1.82, 2.24) is 19.1 Å². The molecule has 0 aliphatic heterocycles. The van der Waals surface area contributed by atoms with Crippen LogP contribution in [-0.4, -0.2) is 63.9 Å². The quantitative estimate of drug-likeness (QED) is 0.173. The standard InChI is InChI=1S/C30H36F3N5O5Si/c1-18-13-22(41-5)23(20-9-10-37(24(18)20)27(39)43-28(2,3)4)29(40,30(31,32)33)26-36-21-14-19(15-34)16-35-25(21)38(26)17-42-11-12-44(6,7)8/h9-10,13-14,16,40H,11-12,17H2,1-8H3. The number of aryl methyl sites for hydroxylation is 1. The molecule has 0 saturated heterocycles. The Bertz CT molecular complexity index is 1760. The first-order valence-electron chi connectivity index (χ1n) is 13.9. The average molecular weight is 632 g/mol. The molecule has 3 heterocycles.